The highest BCUT2D eigenvalue weighted by molar-refractivity contribution is 6.05. The molecule has 0 aliphatic heterocycles. The summed E-state index contributed by atoms with van der Waals surface area (Å²) in [5.41, 5.74) is 0.0950. The van der Waals surface area contributed by atoms with Gasteiger partial charge in [-0.05, 0) is 31.0 Å². The quantitative estimate of drug-likeness (QED) is 0.542. The summed E-state index contributed by atoms with van der Waals surface area (Å²) in [6.07, 6.45) is 2.38. The lowest BCUT2D eigenvalue weighted by Gasteiger charge is -2.08. The maximum atomic E-state index is 14.7. The molecule has 0 aliphatic carbocycles. The number of rotatable bonds is 7. The van der Waals surface area contributed by atoms with Crippen LogP contribution in [0.25, 0.3) is 21.9 Å². The van der Waals surface area contributed by atoms with E-state index in [0.29, 0.717) is 23.8 Å². The van der Waals surface area contributed by atoms with Crippen LogP contribution >= 0.6 is 0 Å². The summed E-state index contributed by atoms with van der Waals surface area (Å²) in [5, 5.41) is 10.9. The van der Waals surface area contributed by atoms with Gasteiger partial charge in [0.15, 0.2) is 22.7 Å². The zero-order valence-electron chi connectivity index (χ0n) is 14.4. The molecule has 5 heteroatoms. The molecule has 3 nitrogen and oxygen atoms in total. The van der Waals surface area contributed by atoms with Crippen LogP contribution < -0.4 is 4.74 Å². The van der Waals surface area contributed by atoms with E-state index in [-0.39, 0.29) is 22.5 Å². The Kier molecular flexibility index (Phi) is 5.23. The number of ether oxygens (including phenoxy) is 1. The number of aliphatic hydroxyl groups is 1. The normalized spacial score (nSPS) is 12.8. The van der Waals surface area contributed by atoms with E-state index in [2.05, 4.69) is 6.92 Å². The average Bonchev–Trinajstić information content (AvgIpc) is 3.00. The van der Waals surface area contributed by atoms with Crippen LogP contribution in [0.5, 0.6) is 5.75 Å². The highest BCUT2D eigenvalue weighted by Crippen LogP contribution is 2.37. The third kappa shape index (κ3) is 3.21. The molecular formula is C20H22F2O3. The van der Waals surface area contributed by atoms with Crippen LogP contribution in [0.3, 0.4) is 0 Å². The zero-order valence-corrected chi connectivity index (χ0v) is 14.4. The van der Waals surface area contributed by atoms with Crippen molar-refractivity contribution in [3.05, 3.63) is 41.5 Å². The summed E-state index contributed by atoms with van der Waals surface area (Å²) in [4.78, 5) is 0. The molecule has 0 saturated heterocycles. The SMILES string of the molecule is CCCCCOc1ccc2c(oc3c(F)c([C@H](O)CC)ccc32)c1F. The molecule has 0 amide bonds. The highest BCUT2D eigenvalue weighted by Gasteiger charge is 2.21. The molecule has 0 radical (unpaired) electrons. The fraction of sp³-hybridized carbons (Fsp3) is 0.400. The summed E-state index contributed by atoms with van der Waals surface area (Å²) >= 11 is 0. The largest absolute Gasteiger partial charge is 0.490 e. The maximum Gasteiger partial charge on any atom is 0.208 e. The van der Waals surface area contributed by atoms with Crippen LogP contribution in [0.15, 0.2) is 28.7 Å². The van der Waals surface area contributed by atoms with Gasteiger partial charge in [0.2, 0.25) is 5.82 Å². The first kappa shape index (κ1) is 17.7. The molecule has 1 atom stereocenters. The van der Waals surface area contributed by atoms with Gasteiger partial charge in [-0.2, -0.15) is 4.39 Å². The lowest BCUT2D eigenvalue weighted by atomic mass is 10.0. The summed E-state index contributed by atoms with van der Waals surface area (Å²) in [7, 11) is 0. The van der Waals surface area contributed by atoms with Crippen LogP contribution in [0.2, 0.25) is 0 Å². The van der Waals surface area contributed by atoms with Gasteiger partial charge in [-0.25, -0.2) is 4.39 Å². The fourth-order valence-corrected chi connectivity index (χ4v) is 2.96. The Balaban J connectivity index is 2.04. The van der Waals surface area contributed by atoms with E-state index in [0.717, 1.165) is 19.3 Å². The van der Waals surface area contributed by atoms with Crippen molar-refractivity contribution >= 4 is 21.9 Å². The molecule has 0 spiro atoms. The molecule has 0 aliphatic rings. The fourth-order valence-electron chi connectivity index (χ4n) is 2.96. The van der Waals surface area contributed by atoms with Gasteiger partial charge in [0, 0.05) is 16.3 Å². The number of aliphatic hydroxyl groups excluding tert-OH is 1. The van der Waals surface area contributed by atoms with E-state index in [4.69, 9.17) is 9.15 Å². The molecule has 134 valence electrons. The zero-order chi connectivity index (χ0) is 18.0. The first-order valence-electron chi connectivity index (χ1n) is 8.72. The molecular weight excluding hydrogens is 326 g/mol. The Hall–Kier alpha value is -2.14. The van der Waals surface area contributed by atoms with E-state index >= 15 is 0 Å². The predicted octanol–water partition coefficient (Wildman–Crippen LogP) is 5.88. The van der Waals surface area contributed by atoms with Gasteiger partial charge < -0.3 is 14.3 Å². The van der Waals surface area contributed by atoms with E-state index < -0.39 is 17.7 Å². The van der Waals surface area contributed by atoms with E-state index in [1.54, 1.807) is 25.1 Å². The molecule has 3 rings (SSSR count). The van der Waals surface area contributed by atoms with Crippen LogP contribution in [0.1, 0.15) is 51.2 Å². The van der Waals surface area contributed by atoms with E-state index in [9.17, 15) is 13.9 Å². The number of unbranched alkanes of at least 4 members (excludes halogenated alkanes) is 2. The van der Waals surface area contributed by atoms with Gasteiger partial charge in [-0.3, -0.25) is 0 Å². The second-order valence-corrected chi connectivity index (χ2v) is 6.18. The third-order valence-electron chi connectivity index (χ3n) is 4.43. The first-order valence-corrected chi connectivity index (χ1v) is 8.72. The van der Waals surface area contributed by atoms with Gasteiger partial charge in [-0.15, -0.1) is 0 Å². The highest BCUT2D eigenvalue weighted by atomic mass is 19.1. The number of hydrogen-bond donors (Lipinski definition) is 1. The number of benzene rings is 2. The van der Waals surface area contributed by atoms with Gasteiger partial charge in [0.05, 0.1) is 12.7 Å². The average molecular weight is 348 g/mol. The number of fused-ring (bicyclic) bond motifs is 3. The smallest absolute Gasteiger partial charge is 0.208 e. The topological polar surface area (TPSA) is 42.6 Å². The molecule has 0 fully saturated rings. The van der Waals surface area contributed by atoms with Crippen molar-refractivity contribution in [1.29, 1.82) is 0 Å². The van der Waals surface area contributed by atoms with Crippen molar-refractivity contribution in [3.8, 4) is 5.75 Å². The molecule has 1 aromatic heterocycles. The Morgan fingerprint density at radius 3 is 2.36 bits per heavy atom. The Morgan fingerprint density at radius 2 is 1.68 bits per heavy atom. The van der Waals surface area contributed by atoms with Crippen molar-refractivity contribution in [2.75, 3.05) is 6.61 Å². The van der Waals surface area contributed by atoms with Gasteiger partial charge in [-0.1, -0.05) is 32.8 Å². The van der Waals surface area contributed by atoms with Crippen molar-refractivity contribution in [3.63, 3.8) is 0 Å². The van der Waals surface area contributed by atoms with Crippen molar-refractivity contribution < 1.29 is 23.0 Å². The summed E-state index contributed by atoms with van der Waals surface area (Å²) in [5.74, 6) is -1.16. The molecule has 1 N–H and O–H groups in total. The van der Waals surface area contributed by atoms with Gasteiger partial charge in [0.25, 0.3) is 0 Å². The van der Waals surface area contributed by atoms with Crippen LogP contribution in [-0.2, 0) is 0 Å². The molecule has 3 aromatic rings. The van der Waals surface area contributed by atoms with Crippen LogP contribution in [-0.4, -0.2) is 11.7 Å². The molecule has 1 heterocycles. The standard InChI is InChI=1S/C20H22F2O3/c1-3-5-6-11-24-16-10-9-13-12-7-8-14(15(23)4-2)17(21)19(12)25-20(13)18(16)22/h7-10,15,23H,3-6,11H2,1-2H3/t15-/m1/s1. The Morgan fingerprint density at radius 1 is 1.00 bits per heavy atom. The third-order valence-corrected chi connectivity index (χ3v) is 4.43. The monoisotopic (exact) mass is 348 g/mol. The van der Waals surface area contributed by atoms with Crippen molar-refractivity contribution in [2.45, 2.75) is 45.6 Å². The molecule has 25 heavy (non-hydrogen) atoms. The van der Waals surface area contributed by atoms with Crippen molar-refractivity contribution in [1.82, 2.24) is 0 Å². The minimum atomic E-state index is -0.917. The lowest BCUT2D eigenvalue weighted by molar-refractivity contribution is 0.169. The number of halogens is 2. The van der Waals surface area contributed by atoms with E-state index in [1.165, 1.54) is 6.07 Å². The molecule has 0 saturated carbocycles. The number of furan rings is 1. The summed E-state index contributed by atoms with van der Waals surface area (Å²) in [6, 6.07) is 6.40. The molecule has 0 bridgehead atoms. The predicted molar refractivity (Wildman–Crippen MR) is 93.9 cm³/mol. The second-order valence-electron chi connectivity index (χ2n) is 6.18. The molecule has 0 unspecified atom stereocenters. The minimum absolute atomic E-state index is 0.0231. The summed E-state index contributed by atoms with van der Waals surface area (Å²) < 4.78 is 40.3. The van der Waals surface area contributed by atoms with E-state index in [1.807, 2.05) is 0 Å². The van der Waals surface area contributed by atoms with Gasteiger partial charge >= 0.3 is 0 Å². The van der Waals surface area contributed by atoms with Crippen LogP contribution in [0, 0.1) is 11.6 Å². The Bertz CT molecular complexity index is 886. The molecule has 2 aromatic carbocycles. The van der Waals surface area contributed by atoms with Crippen LogP contribution in [0.4, 0.5) is 8.78 Å². The first-order chi connectivity index (χ1) is 12.1. The number of hydrogen-bond acceptors (Lipinski definition) is 3. The maximum absolute atomic E-state index is 14.7. The minimum Gasteiger partial charge on any atom is -0.490 e. The summed E-state index contributed by atoms with van der Waals surface area (Å²) in [6.45, 7) is 4.27. The Labute approximate surface area is 145 Å². The lowest BCUT2D eigenvalue weighted by Crippen LogP contribution is -1.99. The van der Waals surface area contributed by atoms with Crippen molar-refractivity contribution in [2.24, 2.45) is 0 Å². The second kappa shape index (κ2) is 7.40. The van der Waals surface area contributed by atoms with Gasteiger partial charge in [0.1, 0.15) is 0 Å².